The number of hydrogen-bond donors (Lipinski definition) is 1. The van der Waals surface area contributed by atoms with Crippen molar-refractivity contribution in [2.75, 3.05) is 13.1 Å². The summed E-state index contributed by atoms with van der Waals surface area (Å²) in [6.07, 6.45) is 7.09. The molecule has 2 aliphatic rings. The molecule has 1 aliphatic heterocycles. The van der Waals surface area contributed by atoms with Crippen LogP contribution >= 0.6 is 0 Å². The molecule has 0 saturated carbocycles. The Morgan fingerprint density at radius 1 is 1.40 bits per heavy atom. The maximum Gasteiger partial charge on any atom is 0.226 e. The lowest BCUT2D eigenvalue weighted by Gasteiger charge is -2.36. The van der Waals surface area contributed by atoms with Crippen LogP contribution in [0.15, 0.2) is 12.2 Å². The van der Waals surface area contributed by atoms with E-state index in [4.69, 9.17) is 5.73 Å². The number of allylic oxidation sites excluding steroid dienone is 2. The molecule has 15 heavy (non-hydrogen) atoms. The lowest BCUT2D eigenvalue weighted by Crippen LogP contribution is -2.51. The van der Waals surface area contributed by atoms with Gasteiger partial charge in [0.2, 0.25) is 5.91 Å². The summed E-state index contributed by atoms with van der Waals surface area (Å²) in [5, 5.41) is 0. The average molecular weight is 208 g/mol. The van der Waals surface area contributed by atoms with E-state index in [9.17, 15) is 4.79 Å². The first-order valence-electron chi connectivity index (χ1n) is 5.88. The summed E-state index contributed by atoms with van der Waals surface area (Å²) >= 11 is 0. The third kappa shape index (κ3) is 2.23. The normalized spacial score (nSPS) is 32.3. The van der Waals surface area contributed by atoms with Gasteiger partial charge in [0, 0.05) is 25.0 Å². The van der Waals surface area contributed by atoms with Crippen LogP contribution in [0.5, 0.6) is 0 Å². The Morgan fingerprint density at radius 3 is 2.67 bits per heavy atom. The zero-order chi connectivity index (χ0) is 10.8. The number of amides is 1. The topological polar surface area (TPSA) is 46.3 Å². The Hall–Kier alpha value is -0.830. The molecule has 0 aromatic heterocycles. The third-order valence-corrected chi connectivity index (χ3v) is 3.69. The van der Waals surface area contributed by atoms with E-state index in [2.05, 4.69) is 19.1 Å². The van der Waals surface area contributed by atoms with Crippen molar-refractivity contribution >= 4 is 5.91 Å². The van der Waals surface area contributed by atoms with Crippen LogP contribution in [0, 0.1) is 11.8 Å². The summed E-state index contributed by atoms with van der Waals surface area (Å²) in [5.74, 6) is 1.06. The van der Waals surface area contributed by atoms with Gasteiger partial charge in [0.15, 0.2) is 0 Å². The van der Waals surface area contributed by atoms with E-state index in [-0.39, 0.29) is 12.0 Å². The van der Waals surface area contributed by atoms with Gasteiger partial charge in [-0.05, 0) is 25.2 Å². The predicted molar refractivity (Wildman–Crippen MR) is 60.2 cm³/mol. The van der Waals surface area contributed by atoms with Gasteiger partial charge in [0.1, 0.15) is 0 Å². The molecule has 0 aromatic rings. The van der Waals surface area contributed by atoms with Crippen molar-refractivity contribution in [1.29, 1.82) is 0 Å². The number of carbonyl (C=O) groups excluding carboxylic acids is 1. The summed E-state index contributed by atoms with van der Waals surface area (Å²) in [4.78, 5) is 14.0. The smallest absolute Gasteiger partial charge is 0.226 e. The molecule has 3 nitrogen and oxygen atoms in total. The van der Waals surface area contributed by atoms with Crippen molar-refractivity contribution in [3.63, 3.8) is 0 Å². The summed E-state index contributed by atoms with van der Waals surface area (Å²) in [6, 6.07) is 0.164. The van der Waals surface area contributed by atoms with Crippen molar-refractivity contribution in [3.8, 4) is 0 Å². The van der Waals surface area contributed by atoms with Gasteiger partial charge in [-0.2, -0.15) is 0 Å². The highest BCUT2D eigenvalue weighted by atomic mass is 16.2. The van der Waals surface area contributed by atoms with E-state index in [0.29, 0.717) is 11.8 Å². The molecule has 1 heterocycles. The van der Waals surface area contributed by atoms with Crippen LogP contribution in [0.3, 0.4) is 0 Å². The molecule has 1 aliphatic carbocycles. The van der Waals surface area contributed by atoms with Crippen LogP contribution in [0.25, 0.3) is 0 Å². The Balaban J connectivity index is 1.91. The van der Waals surface area contributed by atoms with Crippen LogP contribution in [-0.2, 0) is 4.79 Å². The predicted octanol–water partition coefficient (Wildman–Crippen LogP) is 1.15. The van der Waals surface area contributed by atoms with Gasteiger partial charge in [0.25, 0.3) is 0 Å². The zero-order valence-electron chi connectivity index (χ0n) is 9.36. The van der Waals surface area contributed by atoms with E-state index in [1.54, 1.807) is 0 Å². The molecule has 0 bridgehead atoms. The summed E-state index contributed by atoms with van der Waals surface area (Å²) in [7, 11) is 0. The minimum absolute atomic E-state index is 0.164. The molecule has 84 valence electrons. The SMILES string of the molecule is CC1CCN(C(=O)C2CC=CC2)CC1N. The summed E-state index contributed by atoms with van der Waals surface area (Å²) in [6.45, 7) is 3.81. The first-order chi connectivity index (χ1) is 7.18. The number of carbonyl (C=O) groups is 1. The first kappa shape index (κ1) is 10.7. The summed E-state index contributed by atoms with van der Waals surface area (Å²) < 4.78 is 0. The van der Waals surface area contributed by atoms with Crippen LogP contribution in [0.4, 0.5) is 0 Å². The van der Waals surface area contributed by atoms with Crippen molar-refractivity contribution in [3.05, 3.63) is 12.2 Å². The molecular formula is C12H20N2O. The van der Waals surface area contributed by atoms with Gasteiger partial charge < -0.3 is 10.6 Å². The molecule has 2 N–H and O–H groups in total. The lowest BCUT2D eigenvalue weighted by atomic mass is 9.93. The van der Waals surface area contributed by atoms with E-state index >= 15 is 0 Å². The molecule has 0 spiro atoms. The molecular weight excluding hydrogens is 188 g/mol. The van der Waals surface area contributed by atoms with Crippen molar-refractivity contribution in [2.45, 2.75) is 32.2 Å². The van der Waals surface area contributed by atoms with E-state index in [1.165, 1.54) is 0 Å². The second kappa shape index (κ2) is 4.35. The molecule has 1 fully saturated rings. The number of piperidine rings is 1. The molecule has 2 atom stereocenters. The van der Waals surface area contributed by atoms with Gasteiger partial charge in [-0.15, -0.1) is 0 Å². The highest BCUT2D eigenvalue weighted by Crippen LogP contribution is 2.23. The van der Waals surface area contributed by atoms with Crippen LogP contribution in [-0.4, -0.2) is 29.9 Å². The maximum absolute atomic E-state index is 12.1. The number of likely N-dealkylation sites (tertiary alicyclic amines) is 1. The van der Waals surface area contributed by atoms with Crippen molar-refractivity contribution in [1.82, 2.24) is 4.90 Å². The maximum atomic E-state index is 12.1. The lowest BCUT2D eigenvalue weighted by molar-refractivity contribution is -0.136. The fraction of sp³-hybridized carbons (Fsp3) is 0.750. The second-order valence-corrected chi connectivity index (χ2v) is 4.85. The average Bonchev–Trinajstić information content (AvgIpc) is 2.74. The highest BCUT2D eigenvalue weighted by molar-refractivity contribution is 5.79. The van der Waals surface area contributed by atoms with Gasteiger partial charge >= 0.3 is 0 Å². The first-order valence-corrected chi connectivity index (χ1v) is 5.88. The molecule has 1 amide bonds. The number of nitrogens with zero attached hydrogens (tertiary/aromatic N) is 1. The quantitative estimate of drug-likeness (QED) is 0.657. The van der Waals surface area contributed by atoms with Crippen LogP contribution in [0.1, 0.15) is 26.2 Å². The van der Waals surface area contributed by atoms with Gasteiger partial charge in [-0.1, -0.05) is 19.1 Å². The van der Waals surface area contributed by atoms with Gasteiger partial charge in [0.05, 0.1) is 0 Å². The molecule has 2 rings (SSSR count). The Morgan fingerprint density at radius 2 is 2.07 bits per heavy atom. The molecule has 3 heteroatoms. The fourth-order valence-electron chi connectivity index (χ4n) is 2.38. The molecule has 1 saturated heterocycles. The van der Waals surface area contributed by atoms with Crippen molar-refractivity contribution in [2.24, 2.45) is 17.6 Å². The van der Waals surface area contributed by atoms with Gasteiger partial charge in [-0.3, -0.25) is 4.79 Å². The minimum Gasteiger partial charge on any atom is -0.341 e. The number of rotatable bonds is 1. The summed E-state index contributed by atoms with van der Waals surface area (Å²) in [5.41, 5.74) is 6.00. The molecule has 2 unspecified atom stereocenters. The number of hydrogen-bond acceptors (Lipinski definition) is 2. The standard InChI is InChI=1S/C12H20N2O/c1-9-6-7-14(8-11(9)13)12(15)10-4-2-3-5-10/h2-3,9-11H,4-8,13H2,1H3. The largest absolute Gasteiger partial charge is 0.341 e. The molecule has 0 aromatic carbocycles. The Kier molecular flexibility index (Phi) is 3.10. The van der Waals surface area contributed by atoms with E-state index in [0.717, 1.165) is 32.4 Å². The zero-order valence-corrected chi connectivity index (χ0v) is 9.36. The minimum atomic E-state index is 0.164. The molecule has 0 radical (unpaired) electrons. The number of nitrogens with two attached hydrogens (primary N) is 1. The Bertz CT molecular complexity index is 267. The fourth-order valence-corrected chi connectivity index (χ4v) is 2.38. The third-order valence-electron chi connectivity index (χ3n) is 3.69. The van der Waals surface area contributed by atoms with Gasteiger partial charge in [-0.25, -0.2) is 0 Å². The Labute approximate surface area is 91.3 Å². The van der Waals surface area contributed by atoms with Crippen molar-refractivity contribution < 1.29 is 4.79 Å². The highest BCUT2D eigenvalue weighted by Gasteiger charge is 2.30. The van der Waals surface area contributed by atoms with E-state index in [1.807, 2.05) is 4.90 Å². The monoisotopic (exact) mass is 208 g/mol. The second-order valence-electron chi connectivity index (χ2n) is 4.85. The van der Waals surface area contributed by atoms with E-state index < -0.39 is 0 Å². The van der Waals surface area contributed by atoms with Crippen LogP contribution in [0.2, 0.25) is 0 Å². The van der Waals surface area contributed by atoms with Crippen LogP contribution < -0.4 is 5.73 Å².